The van der Waals surface area contributed by atoms with Crippen molar-refractivity contribution in [3.05, 3.63) is 29.8 Å². The van der Waals surface area contributed by atoms with Gasteiger partial charge < -0.3 is 10.1 Å². The Balaban J connectivity index is 0.00000144. The summed E-state index contributed by atoms with van der Waals surface area (Å²) in [5.41, 5.74) is 1.41. The van der Waals surface area contributed by atoms with Crippen molar-refractivity contribution in [3.8, 4) is 5.75 Å². The second kappa shape index (κ2) is 7.57. The van der Waals surface area contributed by atoms with Crippen LogP contribution < -0.4 is 10.1 Å². The van der Waals surface area contributed by atoms with Gasteiger partial charge in [-0.15, -0.1) is 12.4 Å². The van der Waals surface area contributed by atoms with Gasteiger partial charge in [-0.2, -0.15) is 0 Å². The zero-order chi connectivity index (χ0) is 11.2. The van der Waals surface area contributed by atoms with E-state index in [2.05, 4.69) is 23.5 Å². The highest BCUT2D eigenvalue weighted by molar-refractivity contribution is 5.85. The molecular formula is C14H22ClNO. The van der Waals surface area contributed by atoms with E-state index in [-0.39, 0.29) is 12.4 Å². The number of rotatable bonds is 4. The third kappa shape index (κ3) is 4.57. The van der Waals surface area contributed by atoms with Gasteiger partial charge in [0.25, 0.3) is 0 Å². The predicted octanol–water partition coefficient (Wildman–Crippen LogP) is 3.05. The van der Waals surface area contributed by atoms with E-state index in [4.69, 9.17) is 4.74 Å². The maximum Gasteiger partial charge on any atom is 0.119 e. The summed E-state index contributed by atoms with van der Waals surface area (Å²) in [6, 6.07) is 8.53. The van der Waals surface area contributed by atoms with E-state index < -0.39 is 0 Å². The molecule has 1 saturated heterocycles. The van der Waals surface area contributed by atoms with Crippen LogP contribution >= 0.6 is 12.4 Å². The van der Waals surface area contributed by atoms with Crippen LogP contribution in [0.5, 0.6) is 5.75 Å². The summed E-state index contributed by atoms with van der Waals surface area (Å²) in [5, 5.41) is 3.41. The van der Waals surface area contributed by atoms with Crippen molar-refractivity contribution in [2.24, 2.45) is 5.92 Å². The monoisotopic (exact) mass is 255 g/mol. The van der Waals surface area contributed by atoms with E-state index >= 15 is 0 Å². The zero-order valence-corrected chi connectivity index (χ0v) is 11.3. The van der Waals surface area contributed by atoms with Crippen LogP contribution in [0.15, 0.2) is 24.3 Å². The lowest BCUT2D eigenvalue weighted by atomic mass is 9.91. The van der Waals surface area contributed by atoms with Gasteiger partial charge in [-0.05, 0) is 62.9 Å². The first kappa shape index (κ1) is 14.3. The van der Waals surface area contributed by atoms with Crippen molar-refractivity contribution in [3.63, 3.8) is 0 Å². The summed E-state index contributed by atoms with van der Waals surface area (Å²) in [7, 11) is 0. The molecule has 1 aliphatic heterocycles. The highest BCUT2D eigenvalue weighted by atomic mass is 35.5. The molecule has 1 aromatic carbocycles. The van der Waals surface area contributed by atoms with Crippen LogP contribution in [-0.2, 0) is 6.42 Å². The van der Waals surface area contributed by atoms with Crippen LogP contribution in [-0.4, -0.2) is 19.7 Å². The summed E-state index contributed by atoms with van der Waals surface area (Å²) in [4.78, 5) is 0. The summed E-state index contributed by atoms with van der Waals surface area (Å²) in [6.45, 7) is 5.13. The third-order valence-electron chi connectivity index (χ3n) is 3.19. The Labute approximate surface area is 110 Å². The van der Waals surface area contributed by atoms with E-state index in [1.165, 1.54) is 37.9 Å². The molecule has 1 aliphatic rings. The van der Waals surface area contributed by atoms with E-state index in [0.717, 1.165) is 18.3 Å². The third-order valence-corrected chi connectivity index (χ3v) is 3.19. The van der Waals surface area contributed by atoms with Gasteiger partial charge in [0.05, 0.1) is 6.61 Å². The molecule has 1 aromatic rings. The Morgan fingerprint density at radius 2 is 2.06 bits per heavy atom. The number of ether oxygens (including phenoxy) is 1. The Bertz CT molecular complexity index is 324. The fraction of sp³-hybridized carbons (Fsp3) is 0.571. The molecule has 0 unspecified atom stereocenters. The summed E-state index contributed by atoms with van der Waals surface area (Å²) >= 11 is 0. The first-order chi connectivity index (χ1) is 7.88. The van der Waals surface area contributed by atoms with Crippen LogP contribution in [0, 0.1) is 5.92 Å². The number of nitrogens with one attached hydrogen (secondary N) is 1. The molecule has 0 aliphatic carbocycles. The molecule has 0 radical (unpaired) electrons. The van der Waals surface area contributed by atoms with E-state index in [1.807, 2.05) is 13.0 Å². The Hall–Kier alpha value is -0.730. The molecule has 0 amide bonds. The number of halogens is 1. The molecule has 0 spiro atoms. The molecule has 1 fully saturated rings. The molecule has 2 nitrogen and oxygen atoms in total. The molecular weight excluding hydrogens is 234 g/mol. The minimum absolute atomic E-state index is 0. The highest BCUT2D eigenvalue weighted by Crippen LogP contribution is 2.21. The van der Waals surface area contributed by atoms with Gasteiger partial charge in [0, 0.05) is 0 Å². The second-order valence-corrected chi connectivity index (χ2v) is 4.48. The van der Waals surface area contributed by atoms with Crippen molar-refractivity contribution < 1.29 is 4.74 Å². The minimum Gasteiger partial charge on any atom is -0.494 e. The minimum atomic E-state index is 0. The van der Waals surface area contributed by atoms with Gasteiger partial charge in [0.15, 0.2) is 0 Å². The number of hydrogen-bond donors (Lipinski definition) is 1. The van der Waals surface area contributed by atoms with Gasteiger partial charge in [-0.3, -0.25) is 0 Å². The van der Waals surface area contributed by atoms with Gasteiger partial charge >= 0.3 is 0 Å². The Morgan fingerprint density at radius 3 is 2.76 bits per heavy atom. The molecule has 1 heterocycles. The standard InChI is InChI=1S/C14H21NO.ClH/c1-2-16-14-5-3-4-13(11-14)10-12-6-8-15-9-7-12;/h3-5,11-12,15H,2,6-10H2,1H3;1H. The lowest BCUT2D eigenvalue weighted by Gasteiger charge is -2.22. The molecule has 96 valence electrons. The van der Waals surface area contributed by atoms with Crippen LogP contribution in [0.25, 0.3) is 0 Å². The van der Waals surface area contributed by atoms with Gasteiger partial charge in [-0.25, -0.2) is 0 Å². The maximum absolute atomic E-state index is 5.52. The van der Waals surface area contributed by atoms with Crippen molar-refractivity contribution in [1.29, 1.82) is 0 Å². The maximum atomic E-state index is 5.52. The number of benzene rings is 1. The fourth-order valence-electron chi connectivity index (χ4n) is 2.35. The van der Waals surface area contributed by atoms with E-state index in [0.29, 0.717) is 0 Å². The SMILES string of the molecule is CCOc1cccc(CC2CCNCC2)c1.Cl. The lowest BCUT2D eigenvalue weighted by molar-refractivity contribution is 0.338. The summed E-state index contributed by atoms with van der Waals surface area (Å²) < 4.78 is 5.52. The fourth-order valence-corrected chi connectivity index (χ4v) is 2.35. The lowest BCUT2D eigenvalue weighted by Crippen LogP contribution is -2.28. The Morgan fingerprint density at radius 1 is 1.29 bits per heavy atom. The van der Waals surface area contributed by atoms with Gasteiger partial charge in [0.2, 0.25) is 0 Å². The first-order valence-corrected chi connectivity index (χ1v) is 6.31. The molecule has 0 aromatic heterocycles. The summed E-state index contributed by atoms with van der Waals surface area (Å²) in [6.07, 6.45) is 3.81. The first-order valence-electron chi connectivity index (χ1n) is 6.31. The van der Waals surface area contributed by atoms with Crippen molar-refractivity contribution >= 4 is 12.4 Å². The molecule has 17 heavy (non-hydrogen) atoms. The number of hydrogen-bond acceptors (Lipinski definition) is 2. The zero-order valence-electron chi connectivity index (χ0n) is 10.4. The number of piperidine rings is 1. The quantitative estimate of drug-likeness (QED) is 0.893. The molecule has 0 saturated carbocycles. The van der Waals surface area contributed by atoms with E-state index in [9.17, 15) is 0 Å². The average molecular weight is 256 g/mol. The molecule has 0 atom stereocenters. The van der Waals surface area contributed by atoms with Crippen LogP contribution in [0.1, 0.15) is 25.3 Å². The highest BCUT2D eigenvalue weighted by Gasteiger charge is 2.13. The topological polar surface area (TPSA) is 21.3 Å². The van der Waals surface area contributed by atoms with Crippen LogP contribution in [0.4, 0.5) is 0 Å². The van der Waals surface area contributed by atoms with Gasteiger partial charge in [-0.1, -0.05) is 12.1 Å². The average Bonchev–Trinajstić information content (AvgIpc) is 2.31. The van der Waals surface area contributed by atoms with Crippen LogP contribution in [0.3, 0.4) is 0 Å². The normalized spacial score (nSPS) is 16.3. The predicted molar refractivity (Wildman–Crippen MR) is 74.2 cm³/mol. The molecule has 0 bridgehead atoms. The van der Waals surface area contributed by atoms with E-state index in [1.54, 1.807) is 0 Å². The second-order valence-electron chi connectivity index (χ2n) is 4.48. The smallest absolute Gasteiger partial charge is 0.119 e. The molecule has 1 N–H and O–H groups in total. The van der Waals surface area contributed by atoms with Crippen LogP contribution in [0.2, 0.25) is 0 Å². The van der Waals surface area contributed by atoms with Crippen molar-refractivity contribution in [1.82, 2.24) is 5.32 Å². The van der Waals surface area contributed by atoms with Crippen molar-refractivity contribution in [2.45, 2.75) is 26.2 Å². The van der Waals surface area contributed by atoms with Gasteiger partial charge in [0.1, 0.15) is 5.75 Å². The molecule has 2 rings (SSSR count). The van der Waals surface area contributed by atoms with Crippen molar-refractivity contribution in [2.75, 3.05) is 19.7 Å². The summed E-state index contributed by atoms with van der Waals surface area (Å²) in [5.74, 6) is 1.85. The Kier molecular flexibility index (Phi) is 6.38. The largest absolute Gasteiger partial charge is 0.494 e. The molecule has 3 heteroatoms.